The van der Waals surface area contributed by atoms with Crippen molar-refractivity contribution in [2.75, 3.05) is 0 Å². The van der Waals surface area contributed by atoms with E-state index in [1.807, 2.05) is 18.2 Å². The highest BCUT2D eigenvalue weighted by atomic mass is 19.2. The largest absolute Gasteiger partial charge is 0.707 e. The zero-order valence-electron chi connectivity index (χ0n) is 10.1. The molecule has 21 heavy (non-hydrogen) atoms. The Morgan fingerprint density at radius 3 is 1.48 bits per heavy atom. The minimum absolute atomic E-state index is 1.75. The summed E-state index contributed by atoms with van der Waals surface area (Å²) in [4.78, 5) is 3.78. The summed E-state index contributed by atoms with van der Waals surface area (Å²) in [7, 11) is -2.70. The first kappa shape index (κ1) is 16.9. The van der Waals surface area contributed by atoms with Gasteiger partial charge in [0, 0.05) is 12.4 Å². The van der Waals surface area contributed by atoms with Crippen molar-refractivity contribution >= 4 is 7.32 Å². The number of pyridine rings is 1. The number of nitrogens with zero attached hydrogens (tertiary/aromatic N) is 1. The van der Waals surface area contributed by atoms with Gasteiger partial charge in [0.25, 0.3) is 0 Å². The lowest BCUT2D eigenvalue weighted by Crippen LogP contribution is -2.23. The van der Waals surface area contributed by atoms with Gasteiger partial charge in [-0.25, -0.2) is 13.2 Å². The third-order valence-corrected chi connectivity index (χ3v) is 1.96. The molecule has 0 fully saturated rings. The molecule has 0 amide bonds. The van der Waals surface area contributed by atoms with Crippen LogP contribution in [0.2, 0.25) is 0 Å². The molecule has 0 aliphatic carbocycles. The summed E-state index contributed by atoms with van der Waals surface area (Å²) in [5, 5.41) is 16.3. The maximum Gasteiger partial charge on any atom is 0.707 e. The van der Waals surface area contributed by atoms with E-state index in [4.69, 9.17) is 10.0 Å². The van der Waals surface area contributed by atoms with Crippen molar-refractivity contribution in [3.8, 4) is 5.75 Å². The van der Waals surface area contributed by atoms with Crippen molar-refractivity contribution in [1.29, 1.82) is 0 Å². The molecule has 0 atom stereocenters. The first-order valence-electron chi connectivity index (χ1n) is 5.25. The molecule has 0 saturated heterocycles. The molecule has 2 rings (SSSR count). The Hall–Kier alpha value is -2.20. The quantitative estimate of drug-likeness (QED) is 0.384. The average molecular weight is 307 g/mol. The Balaban J connectivity index is 0.000000304. The first-order valence-corrected chi connectivity index (χ1v) is 5.25. The van der Waals surface area contributed by atoms with Crippen LogP contribution in [0.4, 0.5) is 22.0 Å². The molecule has 2 aromatic rings. The van der Waals surface area contributed by atoms with Crippen molar-refractivity contribution < 1.29 is 36.7 Å². The van der Waals surface area contributed by atoms with Gasteiger partial charge in [0.15, 0.2) is 5.75 Å². The zero-order chi connectivity index (χ0) is 16.0. The Kier molecular flexibility index (Phi) is 6.06. The van der Waals surface area contributed by atoms with Gasteiger partial charge in [0.2, 0.25) is 29.1 Å². The predicted molar refractivity (Wildman–Crippen MR) is 61.3 cm³/mol. The molecule has 1 aromatic carbocycles. The zero-order valence-corrected chi connectivity index (χ0v) is 10.1. The van der Waals surface area contributed by atoms with E-state index in [-0.39, 0.29) is 0 Å². The number of halogens is 5. The molecule has 1 heterocycles. The van der Waals surface area contributed by atoms with Gasteiger partial charge in [0.1, 0.15) is 0 Å². The third-order valence-electron chi connectivity index (χ3n) is 1.96. The highest BCUT2D eigenvalue weighted by Gasteiger charge is 2.29. The number of aromatic nitrogens is 1. The summed E-state index contributed by atoms with van der Waals surface area (Å²) in [5.74, 6) is -13.1. The third kappa shape index (κ3) is 4.40. The molecular formula is C11H7BF5NO3. The summed E-state index contributed by atoms with van der Waals surface area (Å²) in [5.41, 5.74) is 0. The van der Waals surface area contributed by atoms with Crippen LogP contribution in [-0.4, -0.2) is 22.4 Å². The van der Waals surface area contributed by atoms with Crippen molar-refractivity contribution in [2.45, 2.75) is 0 Å². The second-order valence-corrected chi connectivity index (χ2v) is 3.37. The van der Waals surface area contributed by atoms with E-state index in [9.17, 15) is 22.0 Å². The maximum absolute atomic E-state index is 12.7. The molecule has 10 heteroatoms. The second kappa shape index (κ2) is 7.55. The fourth-order valence-corrected chi connectivity index (χ4v) is 1.11. The van der Waals surface area contributed by atoms with E-state index in [1.165, 1.54) is 0 Å². The van der Waals surface area contributed by atoms with Crippen LogP contribution >= 0.6 is 0 Å². The van der Waals surface area contributed by atoms with Crippen LogP contribution in [0.25, 0.3) is 0 Å². The van der Waals surface area contributed by atoms with Crippen molar-refractivity contribution in [3.05, 3.63) is 59.7 Å². The van der Waals surface area contributed by atoms with Gasteiger partial charge in [-0.1, -0.05) is 6.07 Å². The van der Waals surface area contributed by atoms with Crippen LogP contribution < -0.4 is 4.65 Å². The van der Waals surface area contributed by atoms with Crippen LogP contribution in [0.1, 0.15) is 0 Å². The topological polar surface area (TPSA) is 62.6 Å². The smallest absolute Gasteiger partial charge is 0.507 e. The average Bonchev–Trinajstić information content (AvgIpc) is 2.50. The summed E-state index contributed by atoms with van der Waals surface area (Å²) >= 11 is 0. The number of hydrogen-bond donors (Lipinski definition) is 2. The highest BCUT2D eigenvalue weighted by molar-refractivity contribution is 6.33. The van der Waals surface area contributed by atoms with Crippen LogP contribution in [0.3, 0.4) is 0 Å². The fraction of sp³-hybridized carbons (Fsp3) is 0. The van der Waals surface area contributed by atoms with E-state index < -0.39 is 42.2 Å². The van der Waals surface area contributed by atoms with Gasteiger partial charge < -0.3 is 14.7 Å². The molecule has 0 aliphatic rings. The van der Waals surface area contributed by atoms with E-state index in [1.54, 1.807) is 12.4 Å². The Labute approximate surface area is 115 Å². The lowest BCUT2D eigenvalue weighted by molar-refractivity contribution is 0.263. The highest BCUT2D eigenvalue weighted by Crippen LogP contribution is 2.28. The SMILES string of the molecule is OB(O)Oc1c(F)c(F)c(F)c(F)c1F.c1ccncc1. The molecule has 0 spiro atoms. The monoisotopic (exact) mass is 307 g/mol. The van der Waals surface area contributed by atoms with E-state index in [0.29, 0.717) is 0 Å². The molecule has 112 valence electrons. The number of benzene rings is 1. The summed E-state index contributed by atoms with van der Waals surface area (Å²) in [6.45, 7) is 0. The molecule has 0 bridgehead atoms. The minimum atomic E-state index is -2.70. The summed E-state index contributed by atoms with van der Waals surface area (Å²) < 4.78 is 66.3. The minimum Gasteiger partial charge on any atom is -0.507 e. The van der Waals surface area contributed by atoms with Gasteiger partial charge in [-0.3, -0.25) is 4.98 Å². The maximum atomic E-state index is 12.7. The van der Waals surface area contributed by atoms with Gasteiger partial charge in [-0.15, -0.1) is 0 Å². The lowest BCUT2D eigenvalue weighted by atomic mass is 10.2. The molecule has 2 N–H and O–H groups in total. The molecular weight excluding hydrogens is 300 g/mol. The molecule has 4 nitrogen and oxygen atoms in total. The fourth-order valence-electron chi connectivity index (χ4n) is 1.11. The summed E-state index contributed by atoms with van der Waals surface area (Å²) in [6, 6.07) is 5.72. The van der Waals surface area contributed by atoms with Crippen molar-refractivity contribution in [1.82, 2.24) is 4.98 Å². The van der Waals surface area contributed by atoms with E-state index >= 15 is 0 Å². The molecule has 1 aromatic heterocycles. The standard InChI is InChI=1S/C6H2BF5O3.C5H5N/c8-1-2(9)4(11)6(15-7(13)14)5(12)3(1)10;1-2-4-6-5-3-1/h13-14H;1-5H. The lowest BCUT2D eigenvalue weighted by Gasteiger charge is -2.08. The van der Waals surface area contributed by atoms with Crippen LogP contribution in [0, 0.1) is 29.1 Å². The predicted octanol–water partition coefficient (Wildman–Crippen LogP) is 1.81. The molecule has 0 saturated carbocycles. The van der Waals surface area contributed by atoms with Crippen LogP contribution in [-0.2, 0) is 0 Å². The Morgan fingerprint density at radius 2 is 1.19 bits per heavy atom. The number of hydrogen-bond acceptors (Lipinski definition) is 4. The van der Waals surface area contributed by atoms with Gasteiger partial charge >= 0.3 is 7.32 Å². The Morgan fingerprint density at radius 1 is 0.762 bits per heavy atom. The van der Waals surface area contributed by atoms with E-state index in [2.05, 4.69) is 9.64 Å². The van der Waals surface area contributed by atoms with E-state index in [0.717, 1.165) is 0 Å². The van der Waals surface area contributed by atoms with Gasteiger partial charge in [-0.2, -0.15) is 8.78 Å². The molecule has 0 radical (unpaired) electrons. The van der Waals surface area contributed by atoms with Crippen LogP contribution in [0.5, 0.6) is 5.75 Å². The van der Waals surface area contributed by atoms with Gasteiger partial charge in [-0.05, 0) is 12.1 Å². The normalized spacial score (nSPS) is 9.67. The van der Waals surface area contributed by atoms with Gasteiger partial charge in [0.05, 0.1) is 0 Å². The number of rotatable bonds is 2. The molecule has 0 aliphatic heterocycles. The molecule has 0 unspecified atom stereocenters. The summed E-state index contributed by atoms with van der Waals surface area (Å²) in [6.07, 6.45) is 3.50. The first-order chi connectivity index (χ1) is 9.86. The second-order valence-electron chi connectivity index (χ2n) is 3.37. The Bertz CT molecular complexity index is 544. The van der Waals surface area contributed by atoms with Crippen molar-refractivity contribution in [2.24, 2.45) is 0 Å². The van der Waals surface area contributed by atoms with Crippen molar-refractivity contribution in [3.63, 3.8) is 0 Å². The van der Waals surface area contributed by atoms with Crippen LogP contribution in [0.15, 0.2) is 30.6 Å².